The average Bonchev–Trinajstić information content (AvgIpc) is 2.36. The number of benzene rings is 1. The Kier molecular flexibility index (Phi) is 4.47. The summed E-state index contributed by atoms with van der Waals surface area (Å²) in [6.45, 7) is 2.08. The molecule has 0 aliphatic carbocycles. The zero-order chi connectivity index (χ0) is 13.0. The van der Waals surface area contributed by atoms with E-state index in [9.17, 15) is 0 Å². The van der Waals surface area contributed by atoms with Crippen LogP contribution in [0.5, 0.6) is 0 Å². The largest absolute Gasteiger partial charge is 0.271 e. The molecule has 1 atom stereocenters. The smallest absolute Gasteiger partial charge is 0.0500 e. The molecule has 3 N–H and O–H groups in total. The van der Waals surface area contributed by atoms with Gasteiger partial charge in [-0.15, -0.1) is 0 Å². The highest BCUT2D eigenvalue weighted by atomic mass is 79.9. The third-order valence-electron chi connectivity index (χ3n) is 2.86. The zero-order valence-corrected chi connectivity index (χ0v) is 11.8. The first kappa shape index (κ1) is 13.2. The second-order valence-electron chi connectivity index (χ2n) is 4.34. The Morgan fingerprint density at radius 2 is 2.00 bits per heavy atom. The van der Waals surface area contributed by atoms with Crippen molar-refractivity contribution in [1.29, 1.82) is 0 Å². The van der Waals surface area contributed by atoms with Gasteiger partial charge in [-0.2, -0.15) is 0 Å². The molecule has 0 bridgehead atoms. The molecule has 0 spiro atoms. The molecule has 94 valence electrons. The normalized spacial score (nSPS) is 12.4. The average molecular weight is 306 g/mol. The summed E-state index contributed by atoms with van der Waals surface area (Å²) < 4.78 is 1.08. The monoisotopic (exact) mass is 305 g/mol. The fraction of sp³-hybridized carbons (Fsp3) is 0.214. The van der Waals surface area contributed by atoms with Gasteiger partial charge in [-0.3, -0.25) is 16.3 Å². The Labute approximate surface area is 116 Å². The number of nitrogens with two attached hydrogens (primary N) is 1. The van der Waals surface area contributed by atoms with Gasteiger partial charge in [-0.05, 0) is 54.3 Å². The van der Waals surface area contributed by atoms with Gasteiger partial charge in [-0.25, -0.2) is 0 Å². The van der Waals surface area contributed by atoms with E-state index < -0.39 is 0 Å². The Bertz CT molecular complexity index is 493. The molecule has 0 radical (unpaired) electrons. The summed E-state index contributed by atoms with van der Waals surface area (Å²) in [6.07, 6.45) is 4.44. The number of halogens is 1. The van der Waals surface area contributed by atoms with E-state index in [1.807, 2.05) is 12.1 Å². The summed E-state index contributed by atoms with van der Waals surface area (Å²) >= 11 is 3.52. The van der Waals surface area contributed by atoms with Crippen molar-refractivity contribution in [2.24, 2.45) is 5.84 Å². The van der Waals surface area contributed by atoms with Crippen LogP contribution in [0.25, 0.3) is 0 Å². The second kappa shape index (κ2) is 6.09. The lowest BCUT2D eigenvalue weighted by Crippen LogP contribution is -2.29. The molecule has 4 heteroatoms. The van der Waals surface area contributed by atoms with Crippen LogP contribution >= 0.6 is 15.9 Å². The van der Waals surface area contributed by atoms with Gasteiger partial charge in [0, 0.05) is 16.9 Å². The fourth-order valence-electron chi connectivity index (χ4n) is 1.99. The topological polar surface area (TPSA) is 50.9 Å². The minimum Gasteiger partial charge on any atom is -0.271 e. The molecule has 1 aromatic carbocycles. The Morgan fingerprint density at radius 3 is 2.61 bits per heavy atom. The zero-order valence-electron chi connectivity index (χ0n) is 10.2. The molecule has 18 heavy (non-hydrogen) atoms. The number of nitrogens with zero attached hydrogens (tertiary/aromatic N) is 1. The van der Waals surface area contributed by atoms with Crippen molar-refractivity contribution in [2.45, 2.75) is 19.4 Å². The lowest BCUT2D eigenvalue weighted by Gasteiger charge is -2.17. The minimum atomic E-state index is 0.101. The van der Waals surface area contributed by atoms with Gasteiger partial charge in [0.25, 0.3) is 0 Å². The predicted molar refractivity (Wildman–Crippen MR) is 76.9 cm³/mol. The number of hydrogen-bond donors (Lipinski definition) is 2. The maximum absolute atomic E-state index is 5.67. The number of nitrogens with one attached hydrogen (secondary N) is 1. The van der Waals surface area contributed by atoms with Crippen LogP contribution in [0, 0.1) is 6.92 Å². The van der Waals surface area contributed by atoms with Crippen molar-refractivity contribution in [3.8, 4) is 0 Å². The molecule has 0 saturated heterocycles. The van der Waals surface area contributed by atoms with E-state index in [0.29, 0.717) is 0 Å². The standard InChI is InChI=1S/C14H16BrN3/c1-10-6-12(9-13(15)7-10)14(18-16)8-11-2-4-17-5-3-11/h2-7,9,14,18H,8,16H2,1H3. The minimum absolute atomic E-state index is 0.101. The van der Waals surface area contributed by atoms with E-state index in [1.165, 1.54) is 16.7 Å². The maximum atomic E-state index is 5.67. The maximum Gasteiger partial charge on any atom is 0.0500 e. The second-order valence-corrected chi connectivity index (χ2v) is 5.26. The van der Waals surface area contributed by atoms with Crippen molar-refractivity contribution >= 4 is 15.9 Å². The first-order valence-electron chi connectivity index (χ1n) is 5.81. The van der Waals surface area contributed by atoms with E-state index in [0.717, 1.165) is 10.9 Å². The molecule has 0 saturated carbocycles. The first-order chi connectivity index (χ1) is 8.69. The van der Waals surface area contributed by atoms with Gasteiger partial charge in [0.1, 0.15) is 0 Å². The highest BCUT2D eigenvalue weighted by molar-refractivity contribution is 9.10. The van der Waals surface area contributed by atoms with Crippen LogP contribution in [0.2, 0.25) is 0 Å². The number of rotatable bonds is 4. The molecule has 1 unspecified atom stereocenters. The molecule has 2 rings (SSSR count). The molecule has 0 amide bonds. The van der Waals surface area contributed by atoms with Crippen LogP contribution in [-0.4, -0.2) is 4.98 Å². The predicted octanol–water partition coefficient (Wildman–Crippen LogP) is 2.90. The van der Waals surface area contributed by atoms with E-state index >= 15 is 0 Å². The van der Waals surface area contributed by atoms with Gasteiger partial charge < -0.3 is 0 Å². The number of aryl methyl sites for hydroxylation is 1. The van der Waals surface area contributed by atoms with Gasteiger partial charge in [-0.1, -0.05) is 22.0 Å². The number of hydrazine groups is 1. The lowest BCUT2D eigenvalue weighted by molar-refractivity contribution is 0.551. The summed E-state index contributed by atoms with van der Waals surface area (Å²) in [5.41, 5.74) is 6.49. The molecule has 0 aliphatic heterocycles. The van der Waals surface area contributed by atoms with E-state index in [4.69, 9.17) is 5.84 Å². The van der Waals surface area contributed by atoms with Crippen LogP contribution in [0.15, 0.2) is 47.2 Å². The summed E-state index contributed by atoms with van der Waals surface area (Å²) in [4.78, 5) is 4.02. The van der Waals surface area contributed by atoms with E-state index in [2.05, 4.69) is 51.5 Å². The van der Waals surface area contributed by atoms with Crippen molar-refractivity contribution in [3.63, 3.8) is 0 Å². The Hall–Kier alpha value is -1.23. The summed E-state index contributed by atoms with van der Waals surface area (Å²) in [5, 5.41) is 0. The molecule has 1 heterocycles. The van der Waals surface area contributed by atoms with Crippen LogP contribution < -0.4 is 11.3 Å². The highest BCUT2D eigenvalue weighted by Crippen LogP contribution is 2.23. The summed E-state index contributed by atoms with van der Waals surface area (Å²) in [7, 11) is 0. The van der Waals surface area contributed by atoms with Crippen LogP contribution in [0.1, 0.15) is 22.7 Å². The number of hydrogen-bond acceptors (Lipinski definition) is 3. The van der Waals surface area contributed by atoms with Gasteiger partial charge >= 0.3 is 0 Å². The van der Waals surface area contributed by atoms with Crippen molar-refractivity contribution < 1.29 is 0 Å². The number of pyridine rings is 1. The van der Waals surface area contributed by atoms with Gasteiger partial charge in [0.2, 0.25) is 0 Å². The van der Waals surface area contributed by atoms with Gasteiger partial charge in [0.15, 0.2) is 0 Å². The van der Waals surface area contributed by atoms with Crippen LogP contribution in [-0.2, 0) is 6.42 Å². The Balaban J connectivity index is 2.23. The number of aromatic nitrogens is 1. The highest BCUT2D eigenvalue weighted by Gasteiger charge is 2.11. The molecule has 1 aromatic heterocycles. The molecule has 3 nitrogen and oxygen atoms in total. The Morgan fingerprint density at radius 1 is 1.28 bits per heavy atom. The first-order valence-corrected chi connectivity index (χ1v) is 6.60. The molecular weight excluding hydrogens is 290 g/mol. The molecule has 0 aliphatic rings. The quantitative estimate of drug-likeness (QED) is 0.674. The third kappa shape index (κ3) is 3.38. The molecular formula is C14H16BrN3. The lowest BCUT2D eigenvalue weighted by atomic mass is 9.99. The fourth-order valence-corrected chi connectivity index (χ4v) is 2.62. The molecule has 0 fully saturated rings. The van der Waals surface area contributed by atoms with Crippen molar-refractivity contribution in [1.82, 2.24) is 10.4 Å². The van der Waals surface area contributed by atoms with Crippen molar-refractivity contribution in [2.75, 3.05) is 0 Å². The molecule has 2 aromatic rings. The summed E-state index contributed by atoms with van der Waals surface area (Å²) in [6, 6.07) is 10.5. The van der Waals surface area contributed by atoms with Gasteiger partial charge in [0.05, 0.1) is 6.04 Å². The SMILES string of the molecule is Cc1cc(Br)cc(C(Cc2ccncc2)NN)c1. The van der Waals surface area contributed by atoms with Crippen molar-refractivity contribution in [3.05, 3.63) is 63.9 Å². The van der Waals surface area contributed by atoms with E-state index in [-0.39, 0.29) is 6.04 Å². The van der Waals surface area contributed by atoms with Crippen LogP contribution in [0.3, 0.4) is 0 Å². The third-order valence-corrected chi connectivity index (χ3v) is 3.32. The van der Waals surface area contributed by atoms with E-state index in [1.54, 1.807) is 12.4 Å². The van der Waals surface area contributed by atoms with Crippen LogP contribution in [0.4, 0.5) is 0 Å². The summed E-state index contributed by atoms with van der Waals surface area (Å²) in [5.74, 6) is 5.67.